The summed E-state index contributed by atoms with van der Waals surface area (Å²) in [5.74, 6) is -0.952. The lowest BCUT2D eigenvalue weighted by Gasteiger charge is -2.09. The van der Waals surface area contributed by atoms with Gasteiger partial charge in [0.25, 0.3) is 11.5 Å². The maximum absolute atomic E-state index is 12.5. The predicted molar refractivity (Wildman–Crippen MR) is 100 cm³/mol. The molecule has 0 aliphatic rings. The number of aromatic hydroxyl groups is 1. The predicted octanol–water partition coefficient (Wildman–Crippen LogP) is 3.03. The first-order chi connectivity index (χ1) is 12.8. The number of hydrogen-bond donors (Lipinski definition) is 2. The van der Waals surface area contributed by atoms with Crippen molar-refractivity contribution < 1.29 is 14.3 Å². The molecular weight excluding hydrogens is 416 g/mol. The number of furan rings is 1. The first-order valence-electron chi connectivity index (χ1n) is 7.72. The third-order valence-corrected chi connectivity index (χ3v) is 4.45. The van der Waals surface area contributed by atoms with Gasteiger partial charge in [0.1, 0.15) is 17.4 Å². The first-order valence-corrected chi connectivity index (χ1v) is 8.52. The molecule has 2 heterocycles. The Morgan fingerprint density at radius 3 is 2.63 bits per heavy atom. The molecule has 0 aliphatic carbocycles. The maximum atomic E-state index is 12.5. The summed E-state index contributed by atoms with van der Waals surface area (Å²) < 4.78 is 7.18. The van der Waals surface area contributed by atoms with E-state index in [1.165, 1.54) is 0 Å². The Morgan fingerprint density at radius 2 is 2.00 bits per heavy atom. The Morgan fingerprint density at radius 1 is 1.33 bits per heavy atom. The molecule has 8 nitrogen and oxygen atoms in total. The number of anilines is 1. The van der Waals surface area contributed by atoms with E-state index in [-0.39, 0.29) is 17.1 Å². The number of carbonyl (C=O) groups is 1. The van der Waals surface area contributed by atoms with E-state index in [0.29, 0.717) is 17.0 Å². The highest BCUT2D eigenvalue weighted by Crippen LogP contribution is 2.26. The Hall–Kier alpha value is -3.38. The van der Waals surface area contributed by atoms with Crippen molar-refractivity contribution in [3.05, 3.63) is 67.7 Å². The summed E-state index contributed by atoms with van der Waals surface area (Å²) in [6, 6.07) is 9.54. The summed E-state index contributed by atoms with van der Waals surface area (Å²) >= 11 is 3.30. The molecule has 0 atom stereocenters. The van der Waals surface area contributed by atoms with Gasteiger partial charge in [-0.25, -0.2) is 0 Å². The average molecular weight is 429 g/mol. The van der Waals surface area contributed by atoms with Crippen LogP contribution in [0.3, 0.4) is 0 Å². The second-order valence-corrected chi connectivity index (χ2v) is 6.57. The fourth-order valence-corrected chi connectivity index (χ4v) is 2.65. The lowest BCUT2D eigenvalue weighted by Crippen LogP contribution is -2.25. The molecule has 0 spiro atoms. The van der Waals surface area contributed by atoms with E-state index in [0.717, 1.165) is 15.2 Å². The topological polar surface area (TPSA) is 121 Å². The minimum Gasteiger partial charge on any atom is -0.505 e. The van der Waals surface area contributed by atoms with E-state index >= 15 is 0 Å². The average Bonchev–Trinajstić information content (AvgIpc) is 2.89. The number of rotatable bonds is 3. The molecule has 0 radical (unpaired) electrons. The molecule has 2 N–H and O–H groups in total. The molecule has 0 saturated carbocycles. The summed E-state index contributed by atoms with van der Waals surface area (Å²) in [6.45, 7) is 3.35. The van der Waals surface area contributed by atoms with Gasteiger partial charge in [-0.15, -0.1) is 0 Å². The smallest absolute Gasteiger partial charge is 0.282 e. The normalized spacial score (nSPS) is 10.4. The monoisotopic (exact) mass is 428 g/mol. The zero-order chi connectivity index (χ0) is 19.7. The van der Waals surface area contributed by atoms with Crippen LogP contribution in [0.25, 0.3) is 5.69 Å². The minimum atomic E-state index is -0.816. The number of hydrogen-bond acceptors (Lipinski definition) is 6. The molecule has 2 aromatic heterocycles. The van der Waals surface area contributed by atoms with Gasteiger partial charge in [-0.3, -0.25) is 14.9 Å². The van der Waals surface area contributed by atoms with Crippen LogP contribution in [-0.4, -0.2) is 20.8 Å². The molecule has 0 unspecified atom stereocenters. The lowest BCUT2D eigenvalue weighted by atomic mass is 10.2. The fourth-order valence-electron chi connectivity index (χ4n) is 2.39. The van der Waals surface area contributed by atoms with Crippen LogP contribution in [-0.2, 0) is 0 Å². The van der Waals surface area contributed by atoms with Crippen LogP contribution in [0.5, 0.6) is 5.75 Å². The Kier molecular flexibility index (Phi) is 4.83. The first kappa shape index (κ1) is 18.4. The number of aromatic nitrogens is 2. The van der Waals surface area contributed by atoms with E-state index in [1.807, 2.05) is 6.07 Å². The van der Waals surface area contributed by atoms with Gasteiger partial charge in [0.05, 0.1) is 5.69 Å². The zero-order valence-electron chi connectivity index (χ0n) is 14.3. The minimum absolute atomic E-state index is 0.0416. The van der Waals surface area contributed by atoms with Crippen LogP contribution >= 0.6 is 15.9 Å². The number of nitriles is 1. The maximum Gasteiger partial charge on any atom is 0.282 e. The summed E-state index contributed by atoms with van der Waals surface area (Å²) in [5.41, 5.74) is 0.216. The Bertz CT molecular complexity index is 1140. The van der Waals surface area contributed by atoms with Crippen LogP contribution < -0.4 is 10.9 Å². The van der Waals surface area contributed by atoms with Gasteiger partial charge in [-0.1, -0.05) is 15.9 Å². The van der Waals surface area contributed by atoms with Gasteiger partial charge in [0.15, 0.2) is 11.4 Å². The van der Waals surface area contributed by atoms with Gasteiger partial charge in [-0.2, -0.15) is 15.0 Å². The number of nitrogens with zero attached hydrogens (tertiary/aromatic N) is 3. The SMILES string of the molecule is Cc1oc(NC(=O)c2nn(-c3ccc(Br)cc3)c(=O)cc2O)c(C#N)c1C. The van der Waals surface area contributed by atoms with E-state index < -0.39 is 17.2 Å². The molecule has 0 fully saturated rings. The summed E-state index contributed by atoms with van der Waals surface area (Å²) in [4.78, 5) is 24.7. The molecule has 0 saturated heterocycles. The van der Waals surface area contributed by atoms with E-state index in [1.54, 1.807) is 38.1 Å². The number of nitrogens with one attached hydrogen (secondary N) is 1. The number of carbonyl (C=O) groups excluding carboxylic acids is 1. The molecule has 1 aromatic carbocycles. The molecule has 9 heteroatoms. The Balaban J connectivity index is 2.02. The summed E-state index contributed by atoms with van der Waals surface area (Å²) in [6.07, 6.45) is 0. The van der Waals surface area contributed by atoms with Crippen molar-refractivity contribution in [2.24, 2.45) is 0 Å². The molecule has 27 heavy (non-hydrogen) atoms. The highest BCUT2D eigenvalue weighted by atomic mass is 79.9. The molecule has 136 valence electrons. The van der Waals surface area contributed by atoms with Crippen LogP contribution in [0.15, 0.2) is 44.0 Å². The van der Waals surface area contributed by atoms with Crippen LogP contribution in [0.4, 0.5) is 5.88 Å². The van der Waals surface area contributed by atoms with E-state index in [9.17, 15) is 20.0 Å². The summed E-state index contributed by atoms with van der Waals surface area (Å²) in [5, 5.41) is 25.6. The molecular formula is C18H13BrN4O4. The third kappa shape index (κ3) is 3.47. The van der Waals surface area contributed by atoms with Crippen molar-refractivity contribution in [2.75, 3.05) is 5.32 Å². The zero-order valence-corrected chi connectivity index (χ0v) is 15.9. The van der Waals surface area contributed by atoms with Crippen molar-refractivity contribution >= 4 is 27.7 Å². The van der Waals surface area contributed by atoms with E-state index in [4.69, 9.17) is 4.42 Å². The van der Waals surface area contributed by atoms with Crippen molar-refractivity contribution in [2.45, 2.75) is 13.8 Å². The summed E-state index contributed by atoms with van der Waals surface area (Å²) in [7, 11) is 0. The fraction of sp³-hybridized carbons (Fsp3) is 0.111. The van der Waals surface area contributed by atoms with Crippen molar-refractivity contribution in [1.29, 1.82) is 5.26 Å². The highest BCUT2D eigenvalue weighted by Gasteiger charge is 2.21. The van der Waals surface area contributed by atoms with Gasteiger partial charge in [0, 0.05) is 16.1 Å². The highest BCUT2D eigenvalue weighted by molar-refractivity contribution is 9.10. The third-order valence-electron chi connectivity index (χ3n) is 3.92. The second-order valence-electron chi connectivity index (χ2n) is 5.66. The van der Waals surface area contributed by atoms with Gasteiger partial charge in [-0.05, 0) is 38.1 Å². The molecule has 1 amide bonds. The number of aryl methyl sites for hydroxylation is 1. The van der Waals surface area contributed by atoms with E-state index in [2.05, 4.69) is 26.3 Å². The standard InChI is InChI=1S/C18H13BrN4O4/c1-9-10(2)27-18(13(9)8-20)21-17(26)16-14(24)7-15(25)23(22-16)12-5-3-11(19)4-6-12/h3-7,24H,1-2H3,(H,21,26). The number of amides is 1. The quantitative estimate of drug-likeness (QED) is 0.660. The lowest BCUT2D eigenvalue weighted by molar-refractivity contribution is 0.101. The van der Waals surface area contributed by atoms with Crippen molar-refractivity contribution in [3.63, 3.8) is 0 Å². The van der Waals surface area contributed by atoms with Crippen LogP contribution in [0, 0.1) is 25.2 Å². The molecule has 3 rings (SSSR count). The number of benzene rings is 1. The molecule has 0 bridgehead atoms. The molecule has 0 aliphatic heterocycles. The van der Waals surface area contributed by atoms with Gasteiger partial charge < -0.3 is 9.52 Å². The molecule has 3 aromatic rings. The van der Waals surface area contributed by atoms with Crippen molar-refractivity contribution in [1.82, 2.24) is 9.78 Å². The Labute approximate surface area is 161 Å². The van der Waals surface area contributed by atoms with Gasteiger partial charge in [0.2, 0.25) is 5.88 Å². The van der Waals surface area contributed by atoms with Crippen molar-refractivity contribution in [3.8, 4) is 17.5 Å². The van der Waals surface area contributed by atoms with Crippen LogP contribution in [0.1, 0.15) is 27.4 Å². The number of halogens is 1. The second kappa shape index (κ2) is 7.09. The van der Waals surface area contributed by atoms with Crippen LogP contribution in [0.2, 0.25) is 0 Å². The van der Waals surface area contributed by atoms with Gasteiger partial charge >= 0.3 is 0 Å². The largest absolute Gasteiger partial charge is 0.505 e.